The number of piperazine rings is 1. The number of benzene rings is 2. The number of anilines is 6. The second-order valence-corrected chi connectivity index (χ2v) is 14.7. The van der Waals surface area contributed by atoms with E-state index < -0.39 is 10.0 Å². The maximum Gasteiger partial charge on any atom is 0.232 e. The van der Waals surface area contributed by atoms with E-state index in [0.29, 0.717) is 50.4 Å². The van der Waals surface area contributed by atoms with Crippen LogP contribution in [0, 0.1) is 0 Å². The standard InChI is InChI=1S/C32H41BrN10O3S/c1-5-21-18-26(28(46-3)19-27(21)43-14-8-22(9-15-43)42-16-12-34-13-17-42)39-32-37-20-23(33)31(40-32)38-25-7-6-24-29(36-11-10-35-24)30(25)41(2)47(4,44)45/h6-7,10-11,18-20,22,34H,5,8-9,12-17H2,1-4H3,(H2,37,38,39,40). The number of piperidine rings is 1. The first kappa shape index (κ1) is 33.1. The van der Waals surface area contributed by atoms with Gasteiger partial charge in [0.25, 0.3) is 0 Å². The van der Waals surface area contributed by atoms with Gasteiger partial charge >= 0.3 is 0 Å². The molecule has 3 N–H and O–H groups in total. The van der Waals surface area contributed by atoms with Crippen molar-refractivity contribution in [3.05, 3.63) is 52.9 Å². The molecule has 6 rings (SSSR count). The molecule has 4 heterocycles. The Morgan fingerprint density at radius 2 is 1.79 bits per heavy atom. The molecule has 0 bridgehead atoms. The fourth-order valence-corrected chi connectivity index (χ4v) is 7.15. The number of hydrogen-bond donors (Lipinski definition) is 3. The number of halogens is 1. The highest BCUT2D eigenvalue weighted by molar-refractivity contribution is 9.10. The minimum Gasteiger partial charge on any atom is -0.494 e. The molecule has 0 spiro atoms. The summed E-state index contributed by atoms with van der Waals surface area (Å²) in [4.78, 5) is 23.2. The maximum atomic E-state index is 12.6. The summed E-state index contributed by atoms with van der Waals surface area (Å²) < 4.78 is 32.9. The molecule has 13 nitrogen and oxygen atoms in total. The molecule has 0 radical (unpaired) electrons. The van der Waals surface area contributed by atoms with Crippen molar-refractivity contribution < 1.29 is 13.2 Å². The summed E-state index contributed by atoms with van der Waals surface area (Å²) in [5.41, 5.74) is 5.05. The topological polar surface area (TPSA) is 141 Å². The molecule has 0 saturated carbocycles. The second-order valence-electron chi connectivity index (χ2n) is 11.8. The van der Waals surface area contributed by atoms with Gasteiger partial charge in [0.1, 0.15) is 22.8 Å². The fraction of sp³-hybridized carbons (Fsp3) is 0.438. The van der Waals surface area contributed by atoms with Crippen LogP contribution in [0.2, 0.25) is 0 Å². The molecule has 250 valence electrons. The van der Waals surface area contributed by atoms with Crippen molar-refractivity contribution in [1.29, 1.82) is 0 Å². The molecule has 0 atom stereocenters. The van der Waals surface area contributed by atoms with Crippen LogP contribution in [0.4, 0.5) is 34.5 Å². The lowest BCUT2D eigenvalue weighted by Crippen LogP contribution is -2.52. The highest BCUT2D eigenvalue weighted by Gasteiger charge is 2.27. The van der Waals surface area contributed by atoms with Crippen LogP contribution in [0.25, 0.3) is 11.0 Å². The Morgan fingerprint density at radius 3 is 2.49 bits per heavy atom. The monoisotopic (exact) mass is 724 g/mol. The van der Waals surface area contributed by atoms with E-state index in [9.17, 15) is 8.42 Å². The number of aryl methyl sites for hydroxylation is 1. The third kappa shape index (κ3) is 7.22. The van der Waals surface area contributed by atoms with Gasteiger partial charge in [0.05, 0.1) is 34.7 Å². The van der Waals surface area contributed by atoms with E-state index in [-0.39, 0.29) is 0 Å². The molecule has 2 aromatic heterocycles. The lowest BCUT2D eigenvalue weighted by molar-refractivity contribution is 0.150. The number of sulfonamides is 1. The molecule has 2 fully saturated rings. The van der Waals surface area contributed by atoms with Gasteiger partial charge < -0.3 is 25.6 Å². The Kier molecular flexibility index (Phi) is 9.96. The highest BCUT2D eigenvalue weighted by atomic mass is 79.9. The molecular formula is C32H41BrN10O3S. The Balaban J connectivity index is 1.25. The number of methoxy groups -OCH3 is 1. The predicted molar refractivity (Wildman–Crippen MR) is 191 cm³/mol. The molecular weight excluding hydrogens is 684 g/mol. The van der Waals surface area contributed by atoms with Crippen molar-refractivity contribution in [2.45, 2.75) is 32.2 Å². The number of hydrogen-bond acceptors (Lipinski definition) is 12. The molecule has 2 aromatic carbocycles. The van der Waals surface area contributed by atoms with E-state index in [1.54, 1.807) is 31.6 Å². The van der Waals surface area contributed by atoms with Gasteiger partial charge in [-0.3, -0.25) is 19.2 Å². The molecule has 2 aliphatic heterocycles. The Bertz CT molecular complexity index is 1850. The van der Waals surface area contributed by atoms with Crippen molar-refractivity contribution in [1.82, 2.24) is 30.2 Å². The van der Waals surface area contributed by atoms with Crippen LogP contribution in [-0.4, -0.2) is 99.0 Å². The largest absolute Gasteiger partial charge is 0.494 e. The minimum absolute atomic E-state index is 0.347. The first-order valence-electron chi connectivity index (χ1n) is 15.8. The van der Waals surface area contributed by atoms with Crippen molar-refractivity contribution in [2.75, 3.05) is 79.5 Å². The highest BCUT2D eigenvalue weighted by Crippen LogP contribution is 2.39. The summed E-state index contributed by atoms with van der Waals surface area (Å²) in [5.74, 6) is 1.49. The van der Waals surface area contributed by atoms with Crippen LogP contribution < -0.4 is 29.9 Å². The Labute approximate surface area is 284 Å². The van der Waals surface area contributed by atoms with Crippen molar-refractivity contribution in [2.24, 2.45) is 0 Å². The van der Waals surface area contributed by atoms with Crippen LogP contribution in [0.3, 0.4) is 0 Å². The summed E-state index contributed by atoms with van der Waals surface area (Å²) in [6, 6.07) is 8.43. The van der Waals surface area contributed by atoms with E-state index in [1.807, 2.05) is 0 Å². The number of fused-ring (bicyclic) bond motifs is 1. The quantitative estimate of drug-likeness (QED) is 0.212. The van der Waals surface area contributed by atoms with Crippen LogP contribution in [0.1, 0.15) is 25.3 Å². The van der Waals surface area contributed by atoms with E-state index in [1.165, 1.54) is 28.8 Å². The Morgan fingerprint density at radius 1 is 1.04 bits per heavy atom. The van der Waals surface area contributed by atoms with Gasteiger partial charge in [-0.15, -0.1) is 0 Å². The number of nitrogens with one attached hydrogen (secondary N) is 3. The number of nitrogens with zero attached hydrogens (tertiary/aromatic N) is 7. The summed E-state index contributed by atoms with van der Waals surface area (Å²) in [5, 5.41) is 10.1. The SMILES string of the molecule is CCc1cc(Nc2ncc(Br)c(Nc3ccc4nccnc4c3N(C)S(C)(=O)=O)n2)c(OC)cc1N1CCC(N2CCNCC2)CC1. The summed E-state index contributed by atoms with van der Waals surface area (Å²) in [7, 11) is -0.449. The number of aromatic nitrogens is 4. The van der Waals surface area contributed by atoms with Crippen LogP contribution in [0.5, 0.6) is 5.75 Å². The van der Waals surface area contributed by atoms with E-state index in [0.717, 1.165) is 70.5 Å². The number of rotatable bonds is 10. The van der Waals surface area contributed by atoms with Gasteiger partial charge in [-0.2, -0.15) is 4.98 Å². The lowest BCUT2D eigenvalue weighted by Gasteiger charge is -2.41. The molecule has 47 heavy (non-hydrogen) atoms. The van der Waals surface area contributed by atoms with Gasteiger partial charge in [0.15, 0.2) is 0 Å². The zero-order valence-corrected chi connectivity index (χ0v) is 29.5. The van der Waals surface area contributed by atoms with E-state index >= 15 is 0 Å². The van der Waals surface area contributed by atoms with Gasteiger partial charge in [-0.1, -0.05) is 6.92 Å². The predicted octanol–water partition coefficient (Wildman–Crippen LogP) is 4.51. The average Bonchev–Trinajstić information content (AvgIpc) is 3.09. The summed E-state index contributed by atoms with van der Waals surface area (Å²) >= 11 is 3.55. The third-order valence-electron chi connectivity index (χ3n) is 8.92. The molecule has 15 heteroatoms. The van der Waals surface area contributed by atoms with Gasteiger partial charge in [-0.05, 0) is 59.0 Å². The van der Waals surface area contributed by atoms with E-state index in [4.69, 9.17) is 9.72 Å². The van der Waals surface area contributed by atoms with Crippen molar-refractivity contribution in [3.8, 4) is 5.75 Å². The first-order chi connectivity index (χ1) is 22.7. The maximum absolute atomic E-state index is 12.6. The van der Waals surface area contributed by atoms with Crippen molar-refractivity contribution in [3.63, 3.8) is 0 Å². The normalized spacial score (nSPS) is 16.3. The summed E-state index contributed by atoms with van der Waals surface area (Å²) in [6.07, 6.45) is 9.06. The van der Waals surface area contributed by atoms with Gasteiger partial charge in [-0.25, -0.2) is 13.4 Å². The van der Waals surface area contributed by atoms with Crippen molar-refractivity contribution >= 4 is 71.5 Å². The van der Waals surface area contributed by atoms with Crippen LogP contribution in [-0.2, 0) is 16.4 Å². The number of ether oxygens (including phenoxy) is 1. The zero-order chi connectivity index (χ0) is 33.1. The smallest absolute Gasteiger partial charge is 0.232 e. The first-order valence-corrected chi connectivity index (χ1v) is 18.4. The fourth-order valence-electron chi connectivity index (χ4n) is 6.35. The van der Waals surface area contributed by atoms with E-state index in [2.05, 4.69) is 75.7 Å². The molecule has 4 aromatic rings. The molecule has 0 aliphatic carbocycles. The van der Waals surface area contributed by atoms with Gasteiger partial charge in [0.2, 0.25) is 16.0 Å². The second kappa shape index (κ2) is 14.1. The Hall–Kier alpha value is -3.79. The minimum atomic E-state index is -3.61. The molecule has 0 unspecified atom stereocenters. The zero-order valence-electron chi connectivity index (χ0n) is 27.1. The lowest BCUT2D eigenvalue weighted by atomic mass is 9.99. The average molecular weight is 726 g/mol. The molecule has 0 amide bonds. The molecule has 2 aliphatic rings. The third-order valence-corrected chi connectivity index (χ3v) is 10.7. The summed E-state index contributed by atoms with van der Waals surface area (Å²) in [6.45, 7) is 8.60. The van der Waals surface area contributed by atoms with Gasteiger partial charge in [0, 0.05) is 82.7 Å². The van der Waals surface area contributed by atoms with Crippen LogP contribution in [0.15, 0.2) is 47.3 Å². The van der Waals surface area contributed by atoms with Crippen LogP contribution >= 0.6 is 15.9 Å². The molecule has 2 saturated heterocycles.